The van der Waals surface area contributed by atoms with Crippen LogP contribution in [0.2, 0.25) is 18.1 Å². The summed E-state index contributed by atoms with van der Waals surface area (Å²) in [5.41, 5.74) is 6.47. The summed E-state index contributed by atoms with van der Waals surface area (Å²) in [6.45, 7) is 17.4. The van der Waals surface area contributed by atoms with Gasteiger partial charge in [0, 0.05) is 24.8 Å². The maximum atomic E-state index is 6.95. The fourth-order valence-electron chi connectivity index (χ4n) is 4.64. The van der Waals surface area contributed by atoms with Gasteiger partial charge < -0.3 is 14.5 Å². The van der Waals surface area contributed by atoms with Crippen LogP contribution in [0.3, 0.4) is 0 Å². The van der Waals surface area contributed by atoms with Gasteiger partial charge in [-0.25, -0.2) is 4.98 Å². The molecule has 0 atom stereocenters. The second-order valence-electron chi connectivity index (χ2n) is 12.0. The molecule has 0 amide bonds. The summed E-state index contributed by atoms with van der Waals surface area (Å²) in [5.74, 6) is 0.880. The predicted molar refractivity (Wildman–Crippen MR) is 155 cm³/mol. The van der Waals surface area contributed by atoms with E-state index in [4.69, 9.17) is 9.16 Å². The molecule has 1 fully saturated rings. The standard InChI is InChI=1S/C31H39N3O2Si/c1-22(2)35-27-15-10-24(11-16-27)28-18-33-29-17-12-25(19-34(28)29)23-8-13-26(14-9-23)31(20-32-21-31)36-37(6,7)30(3,4)5/h8-19,22,32H,20-21H2,1-7H3. The zero-order valence-electron chi connectivity index (χ0n) is 23.1. The van der Waals surface area contributed by atoms with E-state index in [9.17, 15) is 0 Å². The second kappa shape index (κ2) is 9.42. The number of ether oxygens (including phenoxy) is 1. The Kier molecular flexibility index (Phi) is 6.55. The molecule has 0 saturated carbocycles. The number of rotatable bonds is 7. The lowest BCUT2D eigenvalue weighted by Crippen LogP contribution is -2.63. The molecule has 2 aromatic carbocycles. The van der Waals surface area contributed by atoms with Gasteiger partial charge in [0.2, 0.25) is 0 Å². The van der Waals surface area contributed by atoms with Crippen LogP contribution in [0.5, 0.6) is 5.75 Å². The van der Waals surface area contributed by atoms with Crippen molar-refractivity contribution in [2.24, 2.45) is 0 Å². The molecule has 0 spiro atoms. The van der Waals surface area contributed by atoms with Gasteiger partial charge in [-0.15, -0.1) is 0 Å². The molecule has 5 nitrogen and oxygen atoms in total. The first kappa shape index (κ1) is 25.7. The van der Waals surface area contributed by atoms with E-state index in [1.165, 1.54) is 11.1 Å². The first-order valence-electron chi connectivity index (χ1n) is 13.2. The van der Waals surface area contributed by atoms with Crippen molar-refractivity contribution in [2.45, 2.75) is 64.5 Å². The molecule has 1 aliphatic rings. The van der Waals surface area contributed by atoms with E-state index in [2.05, 4.69) is 103 Å². The van der Waals surface area contributed by atoms with Crippen molar-refractivity contribution in [1.82, 2.24) is 14.7 Å². The summed E-state index contributed by atoms with van der Waals surface area (Å²) in [5, 5.41) is 3.63. The molecule has 0 bridgehead atoms. The van der Waals surface area contributed by atoms with Crippen LogP contribution in [0.25, 0.3) is 28.0 Å². The Morgan fingerprint density at radius 2 is 1.51 bits per heavy atom. The molecule has 5 rings (SSSR count). The maximum absolute atomic E-state index is 6.95. The van der Waals surface area contributed by atoms with Crippen LogP contribution >= 0.6 is 0 Å². The second-order valence-corrected chi connectivity index (χ2v) is 16.7. The Morgan fingerprint density at radius 3 is 2.08 bits per heavy atom. The van der Waals surface area contributed by atoms with E-state index < -0.39 is 8.32 Å². The number of hydrogen-bond acceptors (Lipinski definition) is 4. The lowest BCUT2D eigenvalue weighted by molar-refractivity contribution is -0.00151. The van der Waals surface area contributed by atoms with E-state index in [-0.39, 0.29) is 16.7 Å². The Morgan fingerprint density at radius 1 is 0.892 bits per heavy atom. The van der Waals surface area contributed by atoms with Crippen molar-refractivity contribution in [1.29, 1.82) is 0 Å². The molecule has 0 radical (unpaired) electrons. The zero-order valence-corrected chi connectivity index (χ0v) is 24.1. The van der Waals surface area contributed by atoms with Gasteiger partial charge in [-0.05, 0) is 85.1 Å². The Labute approximate surface area is 222 Å². The van der Waals surface area contributed by atoms with E-state index >= 15 is 0 Å². The van der Waals surface area contributed by atoms with E-state index in [0.29, 0.717) is 0 Å². The highest BCUT2D eigenvalue weighted by Gasteiger charge is 2.48. The van der Waals surface area contributed by atoms with Gasteiger partial charge in [-0.2, -0.15) is 0 Å². The minimum atomic E-state index is -1.90. The van der Waals surface area contributed by atoms with Crippen molar-refractivity contribution >= 4 is 14.0 Å². The third-order valence-electron chi connectivity index (χ3n) is 7.85. The minimum Gasteiger partial charge on any atom is -0.491 e. The van der Waals surface area contributed by atoms with Crippen molar-refractivity contribution in [2.75, 3.05) is 13.1 Å². The lowest BCUT2D eigenvalue weighted by atomic mass is 9.87. The third-order valence-corrected chi connectivity index (χ3v) is 12.4. The fourth-order valence-corrected chi connectivity index (χ4v) is 6.18. The molecular formula is C31H39N3O2Si. The molecule has 4 aromatic rings. The third kappa shape index (κ3) is 4.98. The van der Waals surface area contributed by atoms with Crippen molar-refractivity contribution in [3.63, 3.8) is 0 Å². The van der Waals surface area contributed by atoms with Crippen molar-refractivity contribution in [3.05, 3.63) is 78.6 Å². The number of pyridine rings is 1. The van der Waals surface area contributed by atoms with Crippen LogP contribution in [0.15, 0.2) is 73.1 Å². The molecule has 1 aliphatic heterocycles. The topological polar surface area (TPSA) is 47.8 Å². The van der Waals surface area contributed by atoms with Gasteiger partial charge in [0.25, 0.3) is 0 Å². The largest absolute Gasteiger partial charge is 0.491 e. The zero-order chi connectivity index (χ0) is 26.4. The Balaban J connectivity index is 1.42. The summed E-state index contributed by atoms with van der Waals surface area (Å²) >= 11 is 0. The number of benzene rings is 2. The van der Waals surface area contributed by atoms with Gasteiger partial charge in [0.15, 0.2) is 8.32 Å². The average Bonchev–Trinajstić information content (AvgIpc) is 3.24. The number of imidazole rings is 1. The quantitative estimate of drug-likeness (QED) is 0.264. The number of fused-ring (bicyclic) bond motifs is 1. The highest BCUT2D eigenvalue weighted by Crippen LogP contribution is 2.43. The lowest BCUT2D eigenvalue weighted by Gasteiger charge is -2.51. The molecule has 6 heteroatoms. The first-order valence-corrected chi connectivity index (χ1v) is 16.1. The average molecular weight is 514 g/mol. The van der Waals surface area contributed by atoms with Crippen LogP contribution in [0, 0.1) is 0 Å². The predicted octanol–water partition coefficient (Wildman–Crippen LogP) is 7.28. The molecule has 1 N–H and O–H groups in total. The van der Waals surface area contributed by atoms with Gasteiger partial charge in [0.1, 0.15) is 17.0 Å². The molecule has 0 unspecified atom stereocenters. The number of aromatic nitrogens is 2. The van der Waals surface area contributed by atoms with Crippen LogP contribution in [-0.4, -0.2) is 36.9 Å². The minimum absolute atomic E-state index is 0.157. The molecule has 194 valence electrons. The van der Waals surface area contributed by atoms with E-state index in [1.807, 2.05) is 32.2 Å². The van der Waals surface area contributed by atoms with Gasteiger partial charge in [-0.1, -0.05) is 45.0 Å². The van der Waals surface area contributed by atoms with E-state index in [1.54, 1.807) is 0 Å². The van der Waals surface area contributed by atoms with Crippen LogP contribution < -0.4 is 10.1 Å². The highest BCUT2D eigenvalue weighted by atomic mass is 28.4. The Hall–Kier alpha value is -2.93. The molecule has 3 heterocycles. The van der Waals surface area contributed by atoms with Crippen molar-refractivity contribution in [3.8, 4) is 28.1 Å². The molecule has 0 aliphatic carbocycles. The smallest absolute Gasteiger partial charge is 0.193 e. The molecular weight excluding hydrogens is 474 g/mol. The van der Waals surface area contributed by atoms with Crippen LogP contribution in [-0.2, 0) is 10.0 Å². The normalized spacial score (nSPS) is 15.7. The molecule has 37 heavy (non-hydrogen) atoms. The SMILES string of the molecule is CC(C)Oc1ccc(-c2cnc3ccc(-c4ccc(C5(O[Si](C)(C)C(C)(C)C)CNC5)cc4)cn23)cc1. The summed E-state index contributed by atoms with van der Waals surface area (Å²) in [7, 11) is -1.90. The summed E-state index contributed by atoms with van der Waals surface area (Å²) in [4.78, 5) is 4.63. The van der Waals surface area contributed by atoms with Crippen LogP contribution in [0.1, 0.15) is 40.2 Å². The molecule has 2 aromatic heterocycles. The van der Waals surface area contributed by atoms with E-state index in [0.717, 1.165) is 41.3 Å². The fraction of sp³-hybridized carbons (Fsp3) is 0.387. The number of nitrogens with one attached hydrogen (secondary N) is 1. The maximum Gasteiger partial charge on any atom is 0.193 e. The van der Waals surface area contributed by atoms with Gasteiger partial charge in [-0.3, -0.25) is 4.40 Å². The summed E-state index contributed by atoms with van der Waals surface area (Å²) in [6.07, 6.45) is 4.27. The summed E-state index contributed by atoms with van der Waals surface area (Å²) in [6, 6.07) is 21.4. The van der Waals surface area contributed by atoms with Crippen molar-refractivity contribution < 1.29 is 9.16 Å². The monoisotopic (exact) mass is 513 g/mol. The molecule has 1 saturated heterocycles. The number of nitrogens with zero attached hydrogens (tertiary/aromatic N) is 2. The first-order chi connectivity index (χ1) is 17.5. The summed E-state index contributed by atoms with van der Waals surface area (Å²) < 4.78 is 14.9. The Bertz CT molecular complexity index is 1380. The van der Waals surface area contributed by atoms with Gasteiger partial charge >= 0.3 is 0 Å². The number of hydrogen-bond donors (Lipinski definition) is 1. The van der Waals surface area contributed by atoms with Gasteiger partial charge in [0.05, 0.1) is 18.0 Å². The highest BCUT2D eigenvalue weighted by molar-refractivity contribution is 6.74. The van der Waals surface area contributed by atoms with Crippen LogP contribution in [0.4, 0.5) is 0 Å².